The normalized spacial score (nSPS) is 12.6. The summed E-state index contributed by atoms with van der Waals surface area (Å²) in [5, 5.41) is 16.8. The Morgan fingerprint density at radius 1 is 0.941 bits per heavy atom. The summed E-state index contributed by atoms with van der Waals surface area (Å²) in [5.74, 6) is -0.582. The lowest BCUT2D eigenvalue weighted by Crippen LogP contribution is -2.33. The van der Waals surface area contributed by atoms with Gasteiger partial charge in [-0.15, -0.1) is 0 Å². The van der Waals surface area contributed by atoms with E-state index in [1.165, 1.54) is 12.1 Å². The number of anilines is 1. The van der Waals surface area contributed by atoms with Crippen LogP contribution in [-0.4, -0.2) is 35.2 Å². The zero-order chi connectivity index (χ0) is 24.7. The number of nitro groups is 1. The van der Waals surface area contributed by atoms with E-state index in [-0.39, 0.29) is 36.1 Å². The SMILES string of the molecule is CC(NC(=O)c1ccccc1NC(=O)CN(C)C(C)c1cccc([N+](=O)[O-])c1)c1ccccc1. The minimum atomic E-state index is -0.441. The summed E-state index contributed by atoms with van der Waals surface area (Å²) in [4.78, 5) is 38.1. The lowest BCUT2D eigenvalue weighted by Gasteiger charge is -2.24. The molecule has 2 atom stereocenters. The molecule has 3 aromatic rings. The molecule has 8 heteroatoms. The van der Waals surface area contributed by atoms with Gasteiger partial charge in [-0.1, -0.05) is 54.6 Å². The van der Waals surface area contributed by atoms with Crippen LogP contribution in [0.2, 0.25) is 0 Å². The van der Waals surface area contributed by atoms with Gasteiger partial charge in [0.05, 0.1) is 28.8 Å². The molecule has 0 saturated heterocycles. The van der Waals surface area contributed by atoms with Crippen LogP contribution in [0.1, 0.15) is 47.4 Å². The van der Waals surface area contributed by atoms with Crippen molar-refractivity contribution in [2.75, 3.05) is 18.9 Å². The fourth-order valence-electron chi connectivity index (χ4n) is 3.60. The number of benzene rings is 3. The number of likely N-dealkylation sites (N-methyl/N-ethyl adjacent to an activating group) is 1. The van der Waals surface area contributed by atoms with Crippen LogP contribution in [0, 0.1) is 10.1 Å². The highest BCUT2D eigenvalue weighted by Crippen LogP contribution is 2.23. The fraction of sp³-hybridized carbons (Fsp3) is 0.231. The third-order valence-electron chi connectivity index (χ3n) is 5.71. The third kappa shape index (κ3) is 6.26. The number of carbonyl (C=O) groups is 2. The van der Waals surface area contributed by atoms with Crippen molar-refractivity contribution in [2.24, 2.45) is 0 Å². The van der Waals surface area contributed by atoms with Crippen molar-refractivity contribution in [1.29, 1.82) is 0 Å². The average Bonchev–Trinajstić information content (AvgIpc) is 2.84. The molecule has 0 radical (unpaired) electrons. The quantitative estimate of drug-likeness (QED) is 0.355. The molecule has 34 heavy (non-hydrogen) atoms. The molecule has 0 aliphatic rings. The fourth-order valence-corrected chi connectivity index (χ4v) is 3.60. The van der Waals surface area contributed by atoms with Gasteiger partial charge in [0.1, 0.15) is 0 Å². The summed E-state index contributed by atoms with van der Waals surface area (Å²) in [5.41, 5.74) is 2.51. The third-order valence-corrected chi connectivity index (χ3v) is 5.71. The smallest absolute Gasteiger partial charge is 0.269 e. The molecule has 176 valence electrons. The average molecular weight is 461 g/mol. The lowest BCUT2D eigenvalue weighted by atomic mass is 10.1. The molecule has 2 unspecified atom stereocenters. The van der Waals surface area contributed by atoms with Gasteiger partial charge in [-0.2, -0.15) is 0 Å². The van der Waals surface area contributed by atoms with Crippen LogP contribution in [0.5, 0.6) is 0 Å². The maximum absolute atomic E-state index is 12.9. The van der Waals surface area contributed by atoms with Crippen LogP contribution in [-0.2, 0) is 4.79 Å². The van der Waals surface area contributed by atoms with Crippen LogP contribution < -0.4 is 10.6 Å². The predicted octanol–water partition coefficient (Wildman–Crippen LogP) is 4.72. The van der Waals surface area contributed by atoms with Crippen molar-refractivity contribution in [2.45, 2.75) is 25.9 Å². The first-order valence-electron chi connectivity index (χ1n) is 11.0. The summed E-state index contributed by atoms with van der Waals surface area (Å²) in [7, 11) is 1.77. The molecule has 2 amide bonds. The molecule has 3 rings (SSSR count). The Morgan fingerprint density at radius 2 is 1.59 bits per heavy atom. The van der Waals surface area contributed by atoms with Gasteiger partial charge >= 0.3 is 0 Å². The number of amides is 2. The molecule has 2 N–H and O–H groups in total. The maximum Gasteiger partial charge on any atom is 0.269 e. The Bertz CT molecular complexity index is 1170. The van der Waals surface area contributed by atoms with E-state index >= 15 is 0 Å². The van der Waals surface area contributed by atoms with Gasteiger partial charge in [0.2, 0.25) is 5.91 Å². The number of non-ortho nitro benzene ring substituents is 1. The Hall–Kier alpha value is -4.04. The standard InChI is InChI=1S/C26H28N4O4/c1-18(20-10-5-4-6-11-20)27-26(32)23-14-7-8-15-24(23)28-25(31)17-29(3)19(2)21-12-9-13-22(16-21)30(33)34/h4-16,18-19H,17H2,1-3H3,(H,27,32)(H,28,31). The molecular formula is C26H28N4O4. The van der Waals surface area contributed by atoms with Crippen molar-refractivity contribution in [1.82, 2.24) is 10.2 Å². The molecule has 0 aromatic heterocycles. The van der Waals surface area contributed by atoms with Gasteiger partial charge in [-0.3, -0.25) is 24.6 Å². The first-order chi connectivity index (χ1) is 16.3. The van der Waals surface area contributed by atoms with E-state index in [9.17, 15) is 19.7 Å². The molecule has 0 bridgehead atoms. The Labute approximate surface area is 198 Å². The van der Waals surface area contributed by atoms with E-state index in [0.717, 1.165) is 11.1 Å². The van der Waals surface area contributed by atoms with E-state index in [4.69, 9.17) is 0 Å². The first-order valence-corrected chi connectivity index (χ1v) is 11.0. The van der Waals surface area contributed by atoms with Gasteiger partial charge in [0.15, 0.2) is 0 Å². The van der Waals surface area contributed by atoms with Gasteiger partial charge in [-0.05, 0) is 44.2 Å². The van der Waals surface area contributed by atoms with Crippen molar-refractivity contribution in [3.63, 3.8) is 0 Å². The number of nitro benzene ring substituents is 1. The first kappa shape index (κ1) is 24.6. The Kier molecular flexibility index (Phi) is 8.10. The number of para-hydroxylation sites is 1. The van der Waals surface area contributed by atoms with Crippen LogP contribution in [0.25, 0.3) is 0 Å². The predicted molar refractivity (Wildman–Crippen MR) is 132 cm³/mol. The molecule has 0 aliphatic carbocycles. The Morgan fingerprint density at radius 3 is 2.29 bits per heavy atom. The second-order valence-corrected chi connectivity index (χ2v) is 8.14. The van der Waals surface area contributed by atoms with Crippen LogP contribution >= 0.6 is 0 Å². The molecule has 0 spiro atoms. The van der Waals surface area contributed by atoms with Gasteiger partial charge in [-0.25, -0.2) is 0 Å². The second kappa shape index (κ2) is 11.2. The highest BCUT2D eigenvalue weighted by molar-refractivity contribution is 6.04. The van der Waals surface area contributed by atoms with Crippen molar-refractivity contribution in [3.05, 3.63) is 106 Å². The van der Waals surface area contributed by atoms with E-state index in [1.54, 1.807) is 48.3 Å². The summed E-state index contributed by atoms with van der Waals surface area (Å²) >= 11 is 0. The minimum Gasteiger partial charge on any atom is -0.345 e. The topological polar surface area (TPSA) is 105 Å². The minimum absolute atomic E-state index is 0.00636. The largest absolute Gasteiger partial charge is 0.345 e. The number of nitrogens with zero attached hydrogens (tertiary/aromatic N) is 2. The molecule has 0 fully saturated rings. The summed E-state index contributed by atoms with van der Waals surface area (Å²) in [6.45, 7) is 3.82. The molecule has 0 heterocycles. The monoisotopic (exact) mass is 460 g/mol. The van der Waals surface area contributed by atoms with E-state index in [2.05, 4.69) is 10.6 Å². The van der Waals surface area contributed by atoms with Crippen molar-refractivity contribution in [3.8, 4) is 0 Å². The van der Waals surface area contributed by atoms with Crippen molar-refractivity contribution < 1.29 is 14.5 Å². The molecular weight excluding hydrogens is 432 g/mol. The van der Waals surface area contributed by atoms with Crippen LogP contribution in [0.15, 0.2) is 78.9 Å². The number of rotatable bonds is 9. The van der Waals surface area contributed by atoms with Gasteiger partial charge < -0.3 is 10.6 Å². The molecule has 0 saturated carbocycles. The van der Waals surface area contributed by atoms with Gasteiger partial charge in [0, 0.05) is 18.2 Å². The number of carbonyl (C=O) groups excluding carboxylic acids is 2. The zero-order valence-corrected chi connectivity index (χ0v) is 19.4. The summed E-state index contributed by atoms with van der Waals surface area (Å²) in [6.07, 6.45) is 0. The van der Waals surface area contributed by atoms with E-state index in [1.807, 2.05) is 44.2 Å². The van der Waals surface area contributed by atoms with E-state index < -0.39 is 4.92 Å². The molecule has 0 aliphatic heterocycles. The molecule has 3 aromatic carbocycles. The molecule has 8 nitrogen and oxygen atoms in total. The highest BCUT2D eigenvalue weighted by atomic mass is 16.6. The number of hydrogen-bond donors (Lipinski definition) is 2. The summed E-state index contributed by atoms with van der Waals surface area (Å²) < 4.78 is 0. The van der Waals surface area contributed by atoms with Crippen LogP contribution in [0.4, 0.5) is 11.4 Å². The maximum atomic E-state index is 12.9. The van der Waals surface area contributed by atoms with Gasteiger partial charge in [0.25, 0.3) is 11.6 Å². The summed E-state index contributed by atoms with van der Waals surface area (Å²) in [6, 6.07) is 22.4. The number of hydrogen-bond acceptors (Lipinski definition) is 5. The van der Waals surface area contributed by atoms with Crippen molar-refractivity contribution >= 4 is 23.2 Å². The zero-order valence-electron chi connectivity index (χ0n) is 19.4. The number of nitrogens with one attached hydrogen (secondary N) is 2. The second-order valence-electron chi connectivity index (χ2n) is 8.14. The van der Waals surface area contributed by atoms with E-state index in [0.29, 0.717) is 11.3 Å². The van der Waals surface area contributed by atoms with Crippen LogP contribution in [0.3, 0.4) is 0 Å². The Balaban J connectivity index is 1.65. The lowest BCUT2D eigenvalue weighted by molar-refractivity contribution is -0.384. The highest BCUT2D eigenvalue weighted by Gasteiger charge is 2.19.